The highest BCUT2D eigenvalue weighted by Gasteiger charge is 2.30. The van der Waals surface area contributed by atoms with Gasteiger partial charge < -0.3 is 15.3 Å². The second-order valence-corrected chi connectivity index (χ2v) is 4.96. The molecule has 0 spiro atoms. The number of nitrogens with zero attached hydrogens (tertiary/aromatic N) is 2. The maximum Gasteiger partial charge on any atom is 0.315 e. The van der Waals surface area contributed by atoms with Gasteiger partial charge in [0.05, 0.1) is 11.5 Å². The van der Waals surface area contributed by atoms with Gasteiger partial charge in [-0.3, -0.25) is 10.1 Å². The molecule has 0 saturated heterocycles. The van der Waals surface area contributed by atoms with Gasteiger partial charge in [-0.25, -0.2) is 0 Å². The Labute approximate surface area is 118 Å². The summed E-state index contributed by atoms with van der Waals surface area (Å²) in [5, 5.41) is 23.7. The van der Waals surface area contributed by atoms with Crippen molar-refractivity contribution >= 4 is 17.1 Å². The van der Waals surface area contributed by atoms with Crippen LogP contribution in [0.5, 0.6) is 0 Å². The average Bonchev–Trinajstić information content (AvgIpc) is 2.36. The third-order valence-corrected chi connectivity index (χ3v) is 3.73. The van der Waals surface area contributed by atoms with Crippen LogP contribution < -0.4 is 10.2 Å². The quantitative estimate of drug-likeness (QED) is 0.592. The molecule has 6 nitrogen and oxygen atoms in total. The van der Waals surface area contributed by atoms with Crippen molar-refractivity contribution in [3.63, 3.8) is 0 Å². The molecule has 2 rings (SSSR count). The largest absolute Gasteiger partial charge is 0.395 e. The Bertz CT molecular complexity index is 475. The van der Waals surface area contributed by atoms with Gasteiger partial charge in [-0.1, -0.05) is 6.07 Å². The normalized spacial score (nSPS) is 14.7. The molecule has 1 aliphatic rings. The summed E-state index contributed by atoms with van der Waals surface area (Å²) in [7, 11) is 0. The van der Waals surface area contributed by atoms with Gasteiger partial charge in [0, 0.05) is 19.1 Å². The van der Waals surface area contributed by atoms with Crippen LogP contribution in [0, 0.1) is 10.1 Å². The number of hydrogen-bond acceptors (Lipinski definition) is 5. The number of hydrogen-bond donors (Lipinski definition) is 2. The Balaban J connectivity index is 2.41. The molecule has 1 saturated carbocycles. The number of nitro benzene ring substituents is 1. The molecule has 6 heteroatoms. The van der Waals surface area contributed by atoms with Gasteiger partial charge in [-0.15, -0.1) is 0 Å². The number of aliphatic hydroxyl groups excluding tert-OH is 1. The lowest BCUT2D eigenvalue weighted by molar-refractivity contribution is -0.383. The SMILES string of the molecule is CCNc1cccc(N(CCO)C2CCC2)c1[N+](=O)[O-]. The van der Waals surface area contributed by atoms with Crippen LogP contribution in [0.3, 0.4) is 0 Å². The third kappa shape index (κ3) is 2.85. The topological polar surface area (TPSA) is 78.6 Å². The summed E-state index contributed by atoms with van der Waals surface area (Å²) in [4.78, 5) is 13.1. The summed E-state index contributed by atoms with van der Waals surface area (Å²) in [6, 6.07) is 5.62. The molecule has 1 aliphatic carbocycles. The van der Waals surface area contributed by atoms with Gasteiger partial charge >= 0.3 is 5.69 Å². The van der Waals surface area contributed by atoms with Crippen LogP contribution in [0.1, 0.15) is 26.2 Å². The zero-order chi connectivity index (χ0) is 14.5. The van der Waals surface area contributed by atoms with Crippen LogP contribution in [0.15, 0.2) is 18.2 Å². The molecule has 0 radical (unpaired) electrons. The van der Waals surface area contributed by atoms with E-state index in [4.69, 9.17) is 0 Å². The molecular weight excluding hydrogens is 258 g/mol. The van der Waals surface area contributed by atoms with Crippen LogP contribution in [-0.2, 0) is 0 Å². The second kappa shape index (κ2) is 6.56. The lowest BCUT2D eigenvalue weighted by atomic mass is 9.91. The number of aliphatic hydroxyl groups is 1. The van der Waals surface area contributed by atoms with Crippen LogP contribution in [0.2, 0.25) is 0 Å². The lowest BCUT2D eigenvalue weighted by Crippen LogP contribution is -2.42. The van der Waals surface area contributed by atoms with Crippen molar-refractivity contribution in [3.05, 3.63) is 28.3 Å². The van der Waals surface area contributed by atoms with Crippen LogP contribution in [0.25, 0.3) is 0 Å². The molecule has 1 fully saturated rings. The van der Waals surface area contributed by atoms with E-state index in [2.05, 4.69) is 5.32 Å². The Morgan fingerprint density at radius 3 is 2.75 bits per heavy atom. The first-order valence-electron chi connectivity index (χ1n) is 7.07. The van der Waals surface area contributed by atoms with E-state index in [-0.39, 0.29) is 17.2 Å². The highest BCUT2D eigenvalue weighted by molar-refractivity contribution is 5.77. The monoisotopic (exact) mass is 279 g/mol. The van der Waals surface area contributed by atoms with Gasteiger partial charge in [0.2, 0.25) is 0 Å². The second-order valence-electron chi connectivity index (χ2n) is 4.96. The number of benzene rings is 1. The van der Waals surface area contributed by atoms with Crippen molar-refractivity contribution in [2.24, 2.45) is 0 Å². The Kier molecular flexibility index (Phi) is 4.79. The van der Waals surface area contributed by atoms with Crippen molar-refractivity contribution in [1.29, 1.82) is 0 Å². The smallest absolute Gasteiger partial charge is 0.315 e. The fourth-order valence-electron chi connectivity index (χ4n) is 2.59. The minimum atomic E-state index is -0.337. The van der Waals surface area contributed by atoms with E-state index in [1.54, 1.807) is 12.1 Å². The number of rotatable bonds is 7. The van der Waals surface area contributed by atoms with Gasteiger partial charge in [0.25, 0.3) is 0 Å². The zero-order valence-corrected chi connectivity index (χ0v) is 11.7. The Morgan fingerprint density at radius 1 is 1.50 bits per heavy atom. The Hall–Kier alpha value is -1.82. The predicted octanol–water partition coefficient (Wildman–Crippen LogP) is 2.38. The summed E-state index contributed by atoms with van der Waals surface area (Å²) in [5.74, 6) is 0. The van der Waals surface area contributed by atoms with E-state index >= 15 is 0 Å². The van der Waals surface area contributed by atoms with Crippen LogP contribution in [0.4, 0.5) is 17.1 Å². The predicted molar refractivity (Wildman–Crippen MR) is 79.3 cm³/mol. The first-order valence-corrected chi connectivity index (χ1v) is 7.07. The molecular formula is C14H21N3O3. The summed E-state index contributed by atoms with van der Waals surface area (Å²) < 4.78 is 0. The standard InChI is InChI=1S/C14H21N3O3/c1-2-15-12-7-4-8-13(14(12)17(19)20)16(9-10-18)11-5-3-6-11/h4,7-8,11,15,18H,2-3,5-6,9-10H2,1H3. The van der Waals surface area contributed by atoms with Gasteiger partial charge in [0.15, 0.2) is 0 Å². The lowest BCUT2D eigenvalue weighted by Gasteiger charge is -2.38. The highest BCUT2D eigenvalue weighted by atomic mass is 16.6. The van der Waals surface area contributed by atoms with E-state index in [0.29, 0.717) is 30.5 Å². The molecule has 20 heavy (non-hydrogen) atoms. The Morgan fingerprint density at radius 2 is 2.25 bits per heavy atom. The molecule has 2 N–H and O–H groups in total. The van der Waals surface area contributed by atoms with Gasteiger partial charge in [-0.2, -0.15) is 0 Å². The maximum absolute atomic E-state index is 11.4. The van der Waals surface area contributed by atoms with Gasteiger partial charge in [-0.05, 0) is 38.3 Å². The van der Waals surface area contributed by atoms with Gasteiger partial charge in [0.1, 0.15) is 11.4 Å². The van der Waals surface area contributed by atoms with Crippen molar-refractivity contribution in [1.82, 2.24) is 0 Å². The molecule has 0 amide bonds. The van der Waals surface area contributed by atoms with E-state index in [9.17, 15) is 15.2 Å². The molecule has 0 unspecified atom stereocenters. The third-order valence-electron chi connectivity index (χ3n) is 3.73. The summed E-state index contributed by atoms with van der Waals surface area (Å²) in [6.45, 7) is 2.97. The van der Waals surface area contributed by atoms with Crippen molar-refractivity contribution in [2.75, 3.05) is 29.9 Å². The molecule has 0 aliphatic heterocycles. The highest BCUT2D eigenvalue weighted by Crippen LogP contribution is 2.39. The van der Waals surface area contributed by atoms with E-state index in [1.807, 2.05) is 17.9 Å². The summed E-state index contributed by atoms with van der Waals surface area (Å²) in [6.07, 6.45) is 3.21. The van der Waals surface area contributed by atoms with Crippen molar-refractivity contribution < 1.29 is 10.0 Å². The first-order chi connectivity index (χ1) is 9.69. The first kappa shape index (κ1) is 14.6. The molecule has 0 atom stereocenters. The van der Waals surface area contributed by atoms with Crippen molar-refractivity contribution in [2.45, 2.75) is 32.2 Å². The molecule has 0 aromatic heterocycles. The minimum absolute atomic E-state index is 0.000905. The fraction of sp³-hybridized carbons (Fsp3) is 0.571. The van der Waals surface area contributed by atoms with Crippen LogP contribution in [-0.4, -0.2) is 35.8 Å². The zero-order valence-electron chi connectivity index (χ0n) is 11.7. The number of nitro groups is 1. The average molecular weight is 279 g/mol. The summed E-state index contributed by atoms with van der Waals surface area (Å²) in [5.41, 5.74) is 1.25. The van der Waals surface area contributed by atoms with E-state index in [1.165, 1.54) is 0 Å². The molecule has 0 bridgehead atoms. The molecule has 0 heterocycles. The number of nitrogens with one attached hydrogen (secondary N) is 1. The molecule has 110 valence electrons. The molecule has 1 aromatic rings. The van der Waals surface area contributed by atoms with Crippen LogP contribution >= 0.6 is 0 Å². The van der Waals surface area contributed by atoms with Crippen molar-refractivity contribution in [3.8, 4) is 0 Å². The maximum atomic E-state index is 11.4. The molecule has 1 aromatic carbocycles. The number of para-hydroxylation sites is 1. The van der Waals surface area contributed by atoms with E-state index < -0.39 is 0 Å². The fourth-order valence-corrected chi connectivity index (χ4v) is 2.59. The minimum Gasteiger partial charge on any atom is -0.395 e. The summed E-state index contributed by atoms with van der Waals surface area (Å²) >= 11 is 0. The number of anilines is 2. The van der Waals surface area contributed by atoms with E-state index in [0.717, 1.165) is 19.3 Å².